The lowest BCUT2D eigenvalue weighted by atomic mass is 10.2. The van der Waals surface area contributed by atoms with Crippen molar-refractivity contribution in [2.45, 2.75) is 6.54 Å². The van der Waals surface area contributed by atoms with Crippen molar-refractivity contribution in [2.75, 3.05) is 19.5 Å². The first-order valence-corrected chi connectivity index (χ1v) is 9.85. The Morgan fingerprint density at radius 3 is 2.53 bits per heavy atom. The first-order chi connectivity index (χ1) is 14.5. The highest BCUT2D eigenvalue weighted by molar-refractivity contribution is 7.12. The molecule has 3 heterocycles. The zero-order valence-electron chi connectivity index (χ0n) is 16.5. The molecule has 0 aliphatic rings. The molecule has 0 atom stereocenters. The lowest BCUT2D eigenvalue weighted by molar-refractivity contribution is 0.0703. The fourth-order valence-electron chi connectivity index (χ4n) is 2.77. The van der Waals surface area contributed by atoms with Crippen molar-refractivity contribution >= 4 is 39.7 Å². The second-order valence-corrected chi connectivity index (χ2v) is 7.03. The van der Waals surface area contributed by atoms with E-state index in [4.69, 9.17) is 20.3 Å². The van der Waals surface area contributed by atoms with Crippen LogP contribution in [0.2, 0.25) is 0 Å². The van der Waals surface area contributed by atoms with Crippen molar-refractivity contribution < 1.29 is 19.4 Å². The van der Waals surface area contributed by atoms with E-state index in [2.05, 4.69) is 15.3 Å². The second kappa shape index (κ2) is 9.77. The van der Waals surface area contributed by atoms with Gasteiger partial charge in [0, 0.05) is 30.4 Å². The summed E-state index contributed by atoms with van der Waals surface area (Å²) in [6, 6.07) is 11.1. The number of rotatable bonds is 6. The van der Waals surface area contributed by atoms with E-state index in [0.29, 0.717) is 17.1 Å². The van der Waals surface area contributed by atoms with Gasteiger partial charge in [-0.15, -0.1) is 11.3 Å². The molecule has 30 heavy (non-hydrogen) atoms. The number of hydrogen-bond donors (Lipinski definition) is 4. The maximum atomic E-state index is 11.0. The number of pyridine rings is 1. The number of aromatic nitrogens is 2. The molecule has 4 aromatic rings. The number of H-pyrrole nitrogens is 1. The number of nitrogens with zero attached hydrogens (tertiary/aromatic N) is 1. The minimum Gasteiger partial charge on any atom is -0.497 e. The van der Waals surface area contributed by atoms with Crippen molar-refractivity contribution in [2.24, 2.45) is 5.73 Å². The number of methoxy groups -OCH3 is 2. The van der Waals surface area contributed by atoms with Crippen LogP contribution in [-0.2, 0) is 6.54 Å². The summed E-state index contributed by atoms with van der Waals surface area (Å²) in [5, 5.41) is 14.9. The van der Waals surface area contributed by atoms with Gasteiger partial charge in [0.1, 0.15) is 22.0 Å². The topological polar surface area (TPSA) is 122 Å². The van der Waals surface area contributed by atoms with E-state index in [0.717, 1.165) is 33.8 Å². The minimum atomic E-state index is -0.924. The maximum absolute atomic E-state index is 11.0. The normalized spacial score (nSPS) is 10.2. The van der Waals surface area contributed by atoms with Gasteiger partial charge in [-0.2, -0.15) is 0 Å². The molecule has 0 unspecified atom stereocenters. The summed E-state index contributed by atoms with van der Waals surface area (Å²) in [4.78, 5) is 18.5. The van der Waals surface area contributed by atoms with Crippen LogP contribution in [0.5, 0.6) is 11.5 Å². The zero-order valence-corrected chi connectivity index (χ0v) is 17.3. The second-order valence-electron chi connectivity index (χ2n) is 6.12. The number of anilines is 2. The highest BCUT2D eigenvalue weighted by Gasteiger charge is 2.12. The van der Waals surface area contributed by atoms with Crippen LogP contribution in [0.15, 0.2) is 54.2 Å². The molecule has 5 N–H and O–H groups in total. The molecule has 9 heteroatoms. The number of carbonyl (C=O) groups is 1. The van der Waals surface area contributed by atoms with Gasteiger partial charge in [0.2, 0.25) is 0 Å². The average molecular weight is 426 g/mol. The van der Waals surface area contributed by atoms with Crippen molar-refractivity contribution in [1.29, 1.82) is 0 Å². The Labute approximate surface area is 177 Å². The van der Waals surface area contributed by atoms with Gasteiger partial charge in [-0.3, -0.25) is 0 Å². The van der Waals surface area contributed by atoms with E-state index < -0.39 is 5.97 Å². The van der Waals surface area contributed by atoms with Crippen LogP contribution >= 0.6 is 11.3 Å². The van der Waals surface area contributed by atoms with Gasteiger partial charge in [0.05, 0.1) is 25.6 Å². The molecule has 0 aliphatic carbocycles. The molecule has 8 nitrogen and oxygen atoms in total. The highest BCUT2D eigenvalue weighted by Crippen LogP contribution is 2.29. The van der Waals surface area contributed by atoms with Crippen LogP contribution in [0.1, 0.15) is 15.2 Å². The third-order valence-corrected chi connectivity index (χ3v) is 5.14. The van der Waals surface area contributed by atoms with E-state index in [9.17, 15) is 4.79 Å². The Morgan fingerprint density at radius 2 is 1.90 bits per heavy atom. The first kappa shape index (κ1) is 21.2. The number of carboxylic acids is 1. The van der Waals surface area contributed by atoms with Crippen molar-refractivity contribution in [3.05, 3.63) is 64.6 Å². The zero-order chi connectivity index (χ0) is 21.5. The molecule has 1 aromatic carbocycles. The molecule has 0 saturated heterocycles. The summed E-state index contributed by atoms with van der Waals surface area (Å²) >= 11 is 1.20. The Bertz CT molecular complexity index is 1080. The third-order valence-electron chi connectivity index (χ3n) is 4.24. The molecule has 0 aliphatic heterocycles. The van der Waals surface area contributed by atoms with Gasteiger partial charge >= 0.3 is 5.97 Å². The summed E-state index contributed by atoms with van der Waals surface area (Å²) in [5.74, 6) is 0.622. The largest absolute Gasteiger partial charge is 0.497 e. The lowest BCUT2D eigenvalue weighted by Crippen LogP contribution is -1.98. The number of fused-ring (bicyclic) bond motifs is 1. The van der Waals surface area contributed by atoms with Crippen LogP contribution in [0, 0.1) is 0 Å². The maximum Gasteiger partial charge on any atom is 0.348 e. The Kier molecular flexibility index (Phi) is 6.89. The molecule has 0 amide bonds. The fourth-order valence-corrected chi connectivity index (χ4v) is 3.46. The fraction of sp³-hybridized carbons (Fsp3) is 0.143. The molecular weight excluding hydrogens is 404 g/mol. The number of nitrogens with two attached hydrogens (primary N) is 1. The van der Waals surface area contributed by atoms with Gasteiger partial charge in [-0.25, -0.2) is 9.78 Å². The summed E-state index contributed by atoms with van der Waals surface area (Å²) in [7, 11) is 3.24. The van der Waals surface area contributed by atoms with Crippen LogP contribution in [-0.4, -0.2) is 35.3 Å². The van der Waals surface area contributed by atoms with Crippen LogP contribution in [0.3, 0.4) is 0 Å². The smallest absolute Gasteiger partial charge is 0.348 e. The Balaban J connectivity index is 0.000000187. The van der Waals surface area contributed by atoms with E-state index in [1.165, 1.54) is 11.3 Å². The Hall–Kier alpha value is -3.56. The van der Waals surface area contributed by atoms with E-state index >= 15 is 0 Å². The van der Waals surface area contributed by atoms with Crippen LogP contribution in [0.4, 0.5) is 11.4 Å². The number of aromatic carboxylic acids is 1. The number of benzene rings is 1. The molecule has 3 aromatic heterocycles. The molecule has 0 bridgehead atoms. The van der Waals surface area contributed by atoms with E-state index in [-0.39, 0.29) is 0 Å². The lowest BCUT2D eigenvalue weighted by Gasteiger charge is -2.06. The summed E-state index contributed by atoms with van der Waals surface area (Å²) in [6.45, 7) is 0.494. The molecular formula is C21H22N4O4S. The molecule has 4 rings (SSSR count). The number of nitrogens with one attached hydrogen (secondary N) is 2. The SMILES string of the molecule is COc1cc(CN)cc(OC)c1.O=C(O)c1sccc1Nc1ccnc2[nH]ccc12. The van der Waals surface area contributed by atoms with Gasteiger partial charge in [-0.1, -0.05) is 0 Å². The molecule has 0 radical (unpaired) electrons. The predicted octanol–water partition coefficient (Wildman–Crippen LogP) is 4.23. The first-order valence-electron chi connectivity index (χ1n) is 8.97. The third kappa shape index (κ3) is 4.88. The number of thiophene rings is 1. The van der Waals surface area contributed by atoms with Crippen molar-refractivity contribution in [3.8, 4) is 11.5 Å². The predicted molar refractivity (Wildman–Crippen MR) is 118 cm³/mol. The average Bonchev–Trinajstić information content (AvgIpc) is 3.43. The molecule has 0 saturated carbocycles. The number of aromatic amines is 1. The van der Waals surface area contributed by atoms with Crippen LogP contribution < -0.4 is 20.5 Å². The minimum absolute atomic E-state index is 0.301. The van der Waals surface area contributed by atoms with Gasteiger partial charge in [-0.05, 0) is 41.3 Å². The van der Waals surface area contributed by atoms with Crippen molar-refractivity contribution in [1.82, 2.24) is 9.97 Å². The summed E-state index contributed by atoms with van der Waals surface area (Å²) in [6.07, 6.45) is 3.47. The Morgan fingerprint density at radius 1 is 1.17 bits per heavy atom. The highest BCUT2D eigenvalue weighted by atomic mass is 32.1. The van der Waals surface area contributed by atoms with Crippen molar-refractivity contribution in [3.63, 3.8) is 0 Å². The standard InChI is InChI=1S/C12H9N3O2S.C9H13NO2/c16-12(17)10-9(3-6-18-10)15-8-2-5-14-11-7(8)1-4-13-11;1-11-8-3-7(6-10)4-9(5-8)12-2/h1-6H,(H,16,17)(H2,13,14,15);3-5H,6,10H2,1-2H3. The van der Waals surface area contributed by atoms with Gasteiger partial charge in [0.15, 0.2) is 0 Å². The molecule has 156 valence electrons. The monoisotopic (exact) mass is 426 g/mol. The van der Waals surface area contributed by atoms with Gasteiger partial charge < -0.3 is 30.6 Å². The van der Waals surface area contributed by atoms with Gasteiger partial charge in [0.25, 0.3) is 0 Å². The quantitative estimate of drug-likeness (QED) is 0.364. The summed E-state index contributed by atoms with van der Waals surface area (Å²) in [5.41, 5.74) is 8.70. The van der Waals surface area contributed by atoms with E-state index in [1.807, 2.05) is 30.3 Å². The number of ether oxygens (including phenoxy) is 2. The molecule has 0 fully saturated rings. The van der Waals surface area contributed by atoms with E-state index in [1.54, 1.807) is 38.1 Å². The summed E-state index contributed by atoms with van der Waals surface area (Å²) < 4.78 is 10.1. The molecule has 0 spiro atoms. The number of hydrogen-bond acceptors (Lipinski definition) is 7. The number of carboxylic acid groups (broad SMARTS) is 1. The van der Waals surface area contributed by atoms with Crippen LogP contribution in [0.25, 0.3) is 11.0 Å².